The molecule has 2 heterocycles. The molecule has 2 aromatic carbocycles. The highest BCUT2D eigenvalue weighted by molar-refractivity contribution is 5.65. The molecule has 158 valence electrons. The first-order valence-corrected chi connectivity index (χ1v) is 9.59. The number of ether oxygens (including phenoxy) is 3. The molecule has 3 aromatic rings. The van der Waals surface area contributed by atoms with Crippen LogP contribution >= 0.6 is 0 Å². The van der Waals surface area contributed by atoms with E-state index in [1.807, 2.05) is 30.3 Å². The maximum absolute atomic E-state index is 13.4. The Morgan fingerprint density at radius 2 is 1.90 bits per heavy atom. The van der Waals surface area contributed by atoms with E-state index in [2.05, 4.69) is 5.10 Å². The molecule has 5 nitrogen and oxygen atoms in total. The van der Waals surface area contributed by atoms with Gasteiger partial charge in [-0.25, -0.2) is 0 Å². The predicted molar refractivity (Wildman–Crippen MR) is 104 cm³/mol. The molecule has 1 aliphatic heterocycles. The zero-order chi connectivity index (χ0) is 21.1. The Kier molecular flexibility index (Phi) is 5.67. The van der Waals surface area contributed by atoms with Gasteiger partial charge in [0.25, 0.3) is 0 Å². The maximum atomic E-state index is 13.4. The first-order valence-electron chi connectivity index (χ1n) is 9.59. The van der Waals surface area contributed by atoms with Crippen LogP contribution in [0.15, 0.2) is 54.6 Å². The number of rotatable bonds is 6. The van der Waals surface area contributed by atoms with Crippen molar-refractivity contribution >= 4 is 0 Å². The van der Waals surface area contributed by atoms with Crippen molar-refractivity contribution in [1.29, 1.82) is 0 Å². The molecule has 0 spiro atoms. The highest BCUT2D eigenvalue weighted by atomic mass is 19.4. The normalized spacial score (nSPS) is 16.6. The summed E-state index contributed by atoms with van der Waals surface area (Å²) in [4.78, 5) is 0. The molecule has 0 N–H and O–H groups in total. The lowest BCUT2D eigenvalue weighted by molar-refractivity contribution is -0.141. The van der Waals surface area contributed by atoms with Gasteiger partial charge in [-0.3, -0.25) is 4.68 Å². The smallest absolute Gasteiger partial charge is 0.435 e. The summed E-state index contributed by atoms with van der Waals surface area (Å²) in [6.45, 7) is 0.825. The molecule has 0 radical (unpaired) electrons. The highest BCUT2D eigenvalue weighted by Gasteiger charge is 2.35. The SMILES string of the molecule is COc1ccc(-c2cc(C(F)(F)F)nn2Cc2ccccc2)cc1O[C@H]1CCCO1. The van der Waals surface area contributed by atoms with Gasteiger partial charge >= 0.3 is 6.18 Å². The van der Waals surface area contributed by atoms with E-state index in [0.717, 1.165) is 24.5 Å². The van der Waals surface area contributed by atoms with Gasteiger partial charge in [-0.05, 0) is 36.2 Å². The number of nitrogens with zero attached hydrogens (tertiary/aromatic N) is 2. The van der Waals surface area contributed by atoms with Gasteiger partial charge in [0.15, 0.2) is 23.5 Å². The van der Waals surface area contributed by atoms with E-state index in [9.17, 15) is 13.2 Å². The summed E-state index contributed by atoms with van der Waals surface area (Å²) in [5.74, 6) is 0.905. The fraction of sp³-hybridized carbons (Fsp3) is 0.318. The molecule has 1 fully saturated rings. The molecule has 1 aliphatic rings. The van der Waals surface area contributed by atoms with E-state index in [-0.39, 0.29) is 6.54 Å². The summed E-state index contributed by atoms with van der Waals surface area (Å²) in [5.41, 5.74) is 0.791. The third kappa shape index (κ3) is 4.43. The van der Waals surface area contributed by atoms with Crippen molar-refractivity contribution in [2.24, 2.45) is 0 Å². The Hall–Kier alpha value is -3.00. The van der Waals surface area contributed by atoms with Gasteiger partial charge < -0.3 is 14.2 Å². The van der Waals surface area contributed by atoms with Crippen molar-refractivity contribution in [3.63, 3.8) is 0 Å². The minimum atomic E-state index is -4.54. The minimum Gasteiger partial charge on any atom is -0.493 e. The zero-order valence-corrected chi connectivity index (χ0v) is 16.4. The van der Waals surface area contributed by atoms with Crippen molar-refractivity contribution in [2.75, 3.05) is 13.7 Å². The van der Waals surface area contributed by atoms with Crippen LogP contribution in [0.2, 0.25) is 0 Å². The van der Waals surface area contributed by atoms with Crippen molar-refractivity contribution in [2.45, 2.75) is 31.9 Å². The van der Waals surface area contributed by atoms with E-state index >= 15 is 0 Å². The van der Waals surface area contributed by atoms with E-state index in [1.54, 1.807) is 18.2 Å². The molecule has 1 saturated heterocycles. The maximum Gasteiger partial charge on any atom is 0.435 e. The van der Waals surface area contributed by atoms with Crippen molar-refractivity contribution in [3.05, 3.63) is 65.9 Å². The van der Waals surface area contributed by atoms with Crippen molar-refractivity contribution in [1.82, 2.24) is 9.78 Å². The van der Waals surface area contributed by atoms with Crippen LogP contribution in [0.1, 0.15) is 24.1 Å². The quantitative estimate of drug-likeness (QED) is 0.556. The number of methoxy groups -OCH3 is 1. The molecule has 0 amide bonds. The van der Waals surface area contributed by atoms with Crippen LogP contribution in [0, 0.1) is 0 Å². The average Bonchev–Trinajstić information content (AvgIpc) is 3.38. The van der Waals surface area contributed by atoms with E-state index in [1.165, 1.54) is 11.8 Å². The fourth-order valence-electron chi connectivity index (χ4n) is 3.38. The average molecular weight is 418 g/mol. The first-order chi connectivity index (χ1) is 14.4. The third-order valence-corrected chi connectivity index (χ3v) is 4.85. The lowest BCUT2D eigenvalue weighted by Gasteiger charge is -2.17. The standard InChI is InChI=1S/C22H21F3N2O3/c1-28-18-10-9-16(12-19(18)30-21-8-5-11-29-21)17-13-20(22(23,24)25)26-27(17)14-15-6-3-2-4-7-15/h2-4,6-7,9-10,12-13,21H,5,8,11,14H2,1H3/t21-/m0/s1. The van der Waals surface area contributed by atoms with Gasteiger partial charge in [0, 0.05) is 12.0 Å². The summed E-state index contributed by atoms with van der Waals surface area (Å²) in [6.07, 6.45) is -3.29. The Balaban J connectivity index is 1.73. The van der Waals surface area contributed by atoms with Gasteiger partial charge in [-0.2, -0.15) is 18.3 Å². The van der Waals surface area contributed by atoms with Gasteiger partial charge in [-0.1, -0.05) is 30.3 Å². The van der Waals surface area contributed by atoms with E-state index in [0.29, 0.717) is 29.4 Å². The molecular weight excluding hydrogens is 397 g/mol. The predicted octanol–water partition coefficient (Wildman–Crippen LogP) is 5.14. The summed E-state index contributed by atoms with van der Waals surface area (Å²) in [5, 5.41) is 3.82. The Morgan fingerprint density at radius 1 is 1.10 bits per heavy atom. The topological polar surface area (TPSA) is 45.5 Å². The van der Waals surface area contributed by atoms with Crippen LogP contribution in [0.3, 0.4) is 0 Å². The van der Waals surface area contributed by atoms with Crippen LogP contribution in [0.5, 0.6) is 11.5 Å². The number of hydrogen-bond donors (Lipinski definition) is 0. The first kappa shape index (κ1) is 20.3. The molecule has 0 saturated carbocycles. The van der Waals surface area contributed by atoms with Crippen molar-refractivity contribution in [3.8, 4) is 22.8 Å². The third-order valence-electron chi connectivity index (χ3n) is 4.85. The molecule has 30 heavy (non-hydrogen) atoms. The molecule has 1 aromatic heterocycles. The van der Waals surface area contributed by atoms with Crippen molar-refractivity contribution < 1.29 is 27.4 Å². The van der Waals surface area contributed by atoms with E-state index in [4.69, 9.17) is 14.2 Å². The lowest BCUT2D eigenvalue weighted by Crippen LogP contribution is -2.14. The second-order valence-corrected chi connectivity index (χ2v) is 6.98. The highest BCUT2D eigenvalue weighted by Crippen LogP contribution is 2.37. The number of benzene rings is 2. The number of aromatic nitrogens is 2. The molecule has 0 unspecified atom stereocenters. The Morgan fingerprint density at radius 3 is 2.57 bits per heavy atom. The second kappa shape index (κ2) is 8.39. The van der Waals surface area contributed by atoms with Gasteiger partial charge in [-0.15, -0.1) is 0 Å². The number of hydrogen-bond acceptors (Lipinski definition) is 4. The van der Waals surface area contributed by atoms with Gasteiger partial charge in [0.2, 0.25) is 0 Å². The Labute approximate surface area is 172 Å². The molecular formula is C22H21F3N2O3. The van der Waals surface area contributed by atoms with Crippen LogP contribution < -0.4 is 9.47 Å². The summed E-state index contributed by atoms with van der Waals surface area (Å²) >= 11 is 0. The monoisotopic (exact) mass is 418 g/mol. The minimum absolute atomic E-state index is 0.209. The van der Waals surface area contributed by atoms with E-state index < -0.39 is 18.2 Å². The molecule has 0 bridgehead atoms. The molecule has 1 atom stereocenters. The lowest BCUT2D eigenvalue weighted by atomic mass is 10.1. The van der Waals surface area contributed by atoms with Crippen LogP contribution in [-0.2, 0) is 17.5 Å². The summed E-state index contributed by atoms with van der Waals surface area (Å²) in [7, 11) is 1.51. The number of alkyl halides is 3. The largest absolute Gasteiger partial charge is 0.493 e. The number of halogens is 3. The fourth-order valence-corrected chi connectivity index (χ4v) is 3.38. The Bertz CT molecular complexity index is 997. The van der Waals surface area contributed by atoms with Crippen LogP contribution in [0.25, 0.3) is 11.3 Å². The summed E-state index contributed by atoms with van der Waals surface area (Å²) in [6, 6.07) is 15.3. The zero-order valence-electron chi connectivity index (χ0n) is 16.4. The van der Waals surface area contributed by atoms with Gasteiger partial charge in [0.05, 0.1) is 26.0 Å². The molecule has 0 aliphatic carbocycles. The van der Waals surface area contributed by atoms with Crippen LogP contribution in [0.4, 0.5) is 13.2 Å². The molecule has 4 rings (SSSR count). The van der Waals surface area contributed by atoms with Crippen LogP contribution in [-0.4, -0.2) is 29.8 Å². The second-order valence-electron chi connectivity index (χ2n) is 6.98. The summed E-state index contributed by atoms with van der Waals surface area (Å²) < 4.78 is 58.2. The molecule has 8 heteroatoms. The van der Waals surface area contributed by atoms with Gasteiger partial charge in [0.1, 0.15) is 0 Å².